The zero-order valence-corrected chi connectivity index (χ0v) is 13.6. The highest BCUT2D eigenvalue weighted by atomic mass is 16.3. The molecule has 3 heteroatoms. The van der Waals surface area contributed by atoms with Gasteiger partial charge in [0.05, 0.1) is 5.56 Å². The van der Waals surface area contributed by atoms with Crippen LogP contribution < -0.4 is 0 Å². The van der Waals surface area contributed by atoms with E-state index in [2.05, 4.69) is 0 Å². The van der Waals surface area contributed by atoms with Crippen molar-refractivity contribution in [2.45, 2.75) is 38.0 Å². The van der Waals surface area contributed by atoms with Crippen LogP contribution in [0.5, 0.6) is 0 Å². The summed E-state index contributed by atoms with van der Waals surface area (Å²) in [6, 6.07) is 17.6. The van der Waals surface area contributed by atoms with Crippen LogP contribution in [0.1, 0.15) is 37.5 Å². The van der Waals surface area contributed by atoms with E-state index in [9.17, 15) is 9.90 Å². The van der Waals surface area contributed by atoms with Gasteiger partial charge in [-0.05, 0) is 44.5 Å². The van der Waals surface area contributed by atoms with Crippen LogP contribution in [0.25, 0.3) is 0 Å². The van der Waals surface area contributed by atoms with Crippen LogP contribution in [-0.4, -0.2) is 27.2 Å². The van der Waals surface area contributed by atoms with E-state index in [1.165, 1.54) is 0 Å². The van der Waals surface area contributed by atoms with Crippen LogP contribution >= 0.6 is 0 Å². The Morgan fingerprint density at radius 3 is 2.13 bits per heavy atom. The fourth-order valence-electron chi connectivity index (χ4n) is 4.35. The van der Waals surface area contributed by atoms with Crippen LogP contribution in [0.15, 0.2) is 54.6 Å². The molecule has 2 aliphatic rings. The van der Waals surface area contributed by atoms with Crippen molar-refractivity contribution in [2.24, 2.45) is 0 Å². The average Bonchev–Trinajstić information content (AvgIpc) is 2.85. The first-order valence-electron chi connectivity index (χ1n) is 8.03. The molecule has 1 aliphatic heterocycles. The Morgan fingerprint density at radius 1 is 0.957 bits per heavy atom. The maximum absolute atomic E-state index is 13.3. The summed E-state index contributed by atoms with van der Waals surface area (Å²) < 4.78 is 1.90. The molecule has 23 heavy (non-hydrogen) atoms. The molecule has 0 radical (unpaired) electrons. The molecule has 3 nitrogen and oxygen atoms in total. The van der Waals surface area contributed by atoms with Crippen molar-refractivity contribution in [3.05, 3.63) is 71.3 Å². The third-order valence-electron chi connectivity index (χ3n) is 5.24. The zero-order chi connectivity index (χ0) is 16.4. The number of rotatable bonds is 2. The summed E-state index contributed by atoms with van der Waals surface area (Å²) in [6.45, 7) is 5.97. The molecule has 116 valence electrons. The van der Waals surface area contributed by atoms with Crippen LogP contribution in [0.3, 0.4) is 0 Å². The van der Waals surface area contributed by atoms with Crippen molar-refractivity contribution in [1.29, 1.82) is 0 Å². The molecule has 2 atom stereocenters. The maximum atomic E-state index is 13.3. The molecule has 0 unspecified atom stereocenters. The molecule has 2 aromatic rings. The van der Waals surface area contributed by atoms with Gasteiger partial charge in [0.1, 0.15) is 5.41 Å². The van der Waals surface area contributed by atoms with Gasteiger partial charge in [-0.2, -0.15) is 4.58 Å². The van der Waals surface area contributed by atoms with E-state index >= 15 is 0 Å². The molecule has 1 aliphatic carbocycles. The number of aliphatic hydroxyl groups is 1. The average molecular weight is 306 g/mol. The third-order valence-corrected chi connectivity index (χ3v) is 5.24. The summed E-state index contributed by atoms with van der Waals surface area (Å²) in [5.41, 5.74) is 1.16. The summed E-state index contributed by atoms with van der Waals surface area (Å²) in [5, 5.41) is 11.4. The normalized spacial score (nSPS) is 28.7. The smallest absolute Gasteiger partial charge is 0.325 e. The standard InChI is InChI=1S/C20H20NO2/c1-13(2)21-17(14-9-5-4-6-10-14)19(3)15-11-7-8-12-16(15)20(21,23)18(19)22/h4-13,23H,1-3H3/q+1/t19-,20+/m1/s1. The van der Waals surface area contributed by atoms with Crippen molar-refractivity contribution in [3.8, 4) is 0 Å². The lowest BCUT2D eigenvalue weighted by Crippen LogP contribution is -2.45. The molecular weight excluding hydrogens is 286 g/mol. The van der Waals surface area contributed by atoms with E-state index in [0.717, 1.165) is 22.4 Å². The van der Waals surface area contributed by atoms with Crippen LogP contribution in [0, 0.1) is 0 Å². The largest absolute Gasteiger partial charge is 0.354 e. The zero-order valence-electron chi connectivity index (χ0n) is 13.6. The van der Waals surface area contributed by atoms with Gasteiger partial charge in [0.25, 0.3) is 5.78 Å². The molecule has 4 rings (SSSR count). The highest BCUT2D eigenvalue weighted by Crippen LogP contribution is 2.53. The Morgan fingerprint density at radius 2 is 1.52 bits per heavy atom. The van der Waals surface area contributed by atoms with Crippen LogP contribution in [0.4, 0.5) is 0 Å². The lowest BCUT2D eigenvalue weighted by Gasteiger charge is -2.26. The predicted molar refractivity (Wildman–Crippen MR) is 88.6 cm³/mol. The van der Waals surface area contributed by atoms with Gasteiger partial charge in [0.2, 0.25) is 5.71 Å². The summed E-state index contributed by atoms with van der Waals surface area (Å²) in [6.07, 6.45) is 0. The molecule has 1 N–H and O–H groups in total. The number of ketones is 1. The monoisotopic (exact) mass is 306 g/mol. The SMILES string of the molecule is CC(C)[N+]1=C(c2ccccc2)[C@]2(C)C(=O)[C@@]1(O)c1ccccc12. The molecule has 0 spiro atoms. The van der Waals surface area contributed by atoms with Gasteiger partial charge in [-0.1, -0.05) is 36.4 Å². The van der Waals surface area contributed by atoms with Gasteiger partial charge >= 0.3 is 5.72 Å². The number of fused-ring (bicyclic) bond motifs is 5. The lowest BCUT2D eigenvalue weighted by molar-refractivity contribution is -0.667. The van der Waals surface area contributed by atoms with E-state index in [-0.39, 0.29) is 11.8 Å². The van der Waals surface area contributed by atoms with Crippen molar-refractivity contribution < 1.29 is 14.5 Å². The van der Waals surface area contributed by atoms with Crippen molar-refractivity contribution in [3.63, 3.8) is 0 Å². The fourth-order valence-corrected chi connectivity index (χ4v) is 4.35. The number of benzene rings is 2. The molecule has 2 bridgehead atoms. The highest BCUT2D eigenvalue weighted by Gasteiger charge is 2.75. The van der Waals surface area contributed by atoms with E-state index in [1.54, 1.807) is 0 Å². The number of hydrogen-bond acceptors (Lipinski definition) is 2. The highest BCUT2D eigenvalue weighted by molar-refractivity contribution is 6.26. The topological polar surface area (TPSA) is 40.3 Å². The summed E-state index contributed by atoms with van der Waals surface area (Å²) >= 11 is 0. The summed E-state index contributed by atoms with van der Waals surface area (Å²) in [5.74, 6) is -0.140. The van der Waals surface area contributed by atoms with Gasteiger partial charge in [-0.15, -0.1) is 0 Å². The minimum Gasteiger partial charge on any atom is -0.325 e. The van der Waals surface area contributed by atoms with Gasteiger partial charge < -0.3 is 5.11 Å². The van der Waals surface area contributed by atoms with Crippen LogP contribution in [0.2, 0.25) is 0 Å². The maximum Gasteiger partial charge on any atom is 0.354 e. The molecular formula is C20H20NO2+. The van der Waals surface area contributed by atoms with Crippen LogP contribution in [-0.2, 0) is 15.9 Å². The van der Waals surface area contributed by atoms with Gasteiger partial charge in [-0.3, -0.25) is 4.79 Å². The molecule has 0 fully saturated rings. The van der Waals surface area contributed by atoms with Crippen molar-refractivity contribution in [2.75, 3.05) is 0 Å². The van der Waals surface area contributed by atoms with Crippen molar-refractivity contribution >= 4 is 11.5 Å². The third kappa shape index (κ3) is 1.48. The Hall–Kier alpha value is -2.26. The van der Waals surface area contributed by atoms with Gasteiger partial charge in [-0.25, -0.2) is 0 Å². The molecule has 0 amide bonds. The van der Waals surface area contributed by atoms with E-state index in [4.69, 9.17) is 0 Å². The Kier molecular flexibility index (Phi) is 2.74. The number of nitrogens with zero attached hydrogens (tertiary/aromatic N) is 1. The van der Waals surface area contributed by atoms with Gasteiger partial charge in [0.15, 0.2) is 6.04 Å². The molecule has 0 saturated carbocycles. The van der Waals surface area contributed by atoms with Crippen molar-refractivity contribution in [1.82, 2.24) is 0 Å². The molecule has 2 aromatic carbocycles. The van der Waals surface area contributed by atoms with E-state index in [0.29, 0.717) is 0 Å². The second-order valence-corrected chi connectivity index (χ2v) is 6.85. The molecule has 0 aromatic heterocycles. The Bertz CT molecular complexity index is 853. The molecule has 1 heterocycles. The summed E-state index contributed by atoms with van der Waals surface area (Å²) in [7, 11) is 0. The quantitative estimate of drug-likeness (QED) is 0.866. The number of hydrogen-bond donors (Lipinski definition) is 1. The fraction of sp³-hybridized carbons (Fsp3) is 0.300. The predicted octanol–water partition coefficient (Wildman–Crippen LogP) is 2.60. The number of carbonyl (C=O) groups excluding carboxylic acids is 1. The second-order valence-electron chi connectivity index (χ2n) is 6.85. The molecule has 0 saturated heterocycles. The van der Waals surface area contributed by atoms with E-state index < -0.39 is 11.1 Å². The Labute approximate surface area is 135 Å². The van der Waals surface area contributed by atoms with Gasteiger partial charge in [0, 0.05) is 5.56 Å². The minimum absolute atomic E-state index is 0.00865. The number of carbonyl (C=O) groups is 1. The Balaban J connectivity index is 2.13. The second kappa shape index (κ2) is 4.39. The van der Waals surface area contributed by atoms with E-state index in [1.807, 2.05) is 79.9 Å². The minimum atomic E-state index is -1.56. The first-order chi connectivity index (χ1) is 10.9. The first kappa shape index (κ1) is 14.3. The first-order valence-corrected chi connectivity index (χ1v) is 8.03. The number of Topliss-reactive ketones (excluding diaryl/α,β-unsaturated/α-hetero) is 1. The summed E-state index contributed by atoms with van der Waals surface area (Å²) in [4.78, 5) is 13.3. The lowest BCUT2D eigenvalue weighted by atomic mass is 9.76.